The van der Waals surface area contributed by atoms with E-state index in [1.807, 2.05) is 0 Å². The lowest BCUT2D eigenvalue weighted by Crippen LogP contribution is -2.25. The molecule has 1 fully saturated rings. The highest BCUT2D eigenvalue weighted by Crippen LogP contribution is 2.26. The number of benzene rings is 2. The summed E-state index contributed by atoms with van der Waals surface area (Å²) in [4.78, 5) is 22.8. The smallest absolute Gasteiger partial charge is 0.333 e. The molecule has 2 amide bonds. The molecule has 0 aromatic heterocycles. The van der Waals surface area contributed by atoms with Gasteiger partial charge in [-0.3, -0.25) is 14.9 Å². The van der Waals surface area contributed by atoms with Crippen LogP contribution in [0.4, 0.5) is 9.18 Å². The Kier molecular flexibility index (Phi) is 6.52. The molecule has 1 aliphatic rings. The van der Waals surface area contributed by atoms with Gasteiger partial charge in [-0.05, 0) is 30.2 Å². The van der Waals surface area contributed by atoms with Crippen LogP contribution in [-0.2, 0) is 25.7 Å². The van der Waals surface area contributed by atoms with E-state index in [2.05, 4.69) is 5.32 Å². The van der Waals surface area contributed by atoms with Gasteiger partial charge in [0, 0.05) is 5.56 Å². The number of ether oxygens (including phenoxy) is 1. The molecule has 0 spiro atoms. The van der Waals surface area contributed by atoms with Gasteiger partial charge in [-0.2, -0.15) is 8.42 Å². The number of nitrogens with two attached hydrogens (primary N) is 1. The molecule has 3 N–H and O–H groups in total. The third-order valence-electron chi connectivity index (χ3n) is 4.02. The van der Waals surface area contributed by atoms with Gasteiger partial charge in [-0.25, -0.2) is 13.7 Å². The molecule has 3 rings (SSSR count). The Balaban J connectivity index is 1.65. The molecule has 154 valence electrons. The predicted octanol–water partition coefficient (Wildman–Crippen LogP) is 2.06. The van der Waals surface area contributed by atoms with Gasteiger partial charge in [0.15, 0.2) is 0 Å². The van der Waals surface area contributed by atoms with E-state index >= 15 is 0 Å². The summed E-state index contributed by atoms with van der Waals surface area (Å²) in [6.45, 7) is -0.300. The van der Waals surface area contributed by atoms with Gasteiger partial charge in [-0.1, -0.05) is 42.1 Å². The zero-order chi connectivity index (χ0) is 21.0. The quantitative estimate of drug-likeness (QED) is 0.644. The molecule has 8 nitrogen and oxygen atoms in total. The fourth-order valence-corrected chi connectivity index (χ4v) is 4.05. The standard InChI is InChI=1S/C18H17FN2O6S2/c19-14-4-2-1-3-13(14)15(27-29(20,24)25)10-26-12-7-5-11(6-8-12)9-16-17(22)21-18(23)28-16/h1-8,15-16H,9-10H2,(H2,20,24,25)(H,21,22,23)/t15?,16-/m0/s1. The van der Waals surface area contributed by atoms with E-state index in [9.17, 15) is 22.4 Å². The second-order valence-electron chi connectivity index (χ2n) is 6.14. The molecule has 2 aromatic carbocycles. The molecule has 0 aliphatic carbocycles. The number of halogens is 1. The number of hydrogen-bond acceptors (Lipinski definition) is 7. The van der Waals surface area contributed by atoms with Crippen molar-refractivity contribution in [2.45, 2.75) is 17.8 Å². The largest absolute Gasteiger partial charge is 0.490 e. The fraction of sp³-hybridized carbons (Fsp3) is 0.222. The Bertz CT molecular complexity index is 1010. The van der Waals surface area contributed by atoms with Crippen LogP contribution in [0.2, 0.25) is 0 Å². The Morgan fingerprint density at radius 1 is 1.14 bits per heavy atom. The van der Waals surface area contributed by atoms with Crippen LogP contribution >= 0.6 is 11.8 Å². The maximum atomic E-state index is 14.0. The van der Waals surface area contributed by atoms with Crippen LogP contribution in [0.25, 0.3) is 0 Å². The Hall–Kier alpha value is -2.47. The summed E-state index contributed by atoms with van der Waals surface area (Å²) in [5.74, 6) is -0.595. The molecular formula is C18H17FN2O6S2. The van der Waals surface area contributed by atoms with E-state index in [4.69, 9.17) is 14.1 Å². The second-order valence-corrected chi connectivity index (χ2v) is 8.50. The molecule has 11 heteroatoms. The summed E-state index contributed by atoms with van der Waals surface area (Å²) < 4.78 is 47.0. The zero-order valence-corrected chi connectivity index (χ0v) is 16.5. The van der Waals surface area contributed by atoms with E-state index in [-0.39, 0.29) is 23.3 Å². The third-order valence-corrected chi connectivity index (χ3v) is 5.50. The summed E-state index contributed by atoms with van der Waals surface area (Å²) in [7, 11) is -4.34. The minimum absolute atomic E-state index is 0.00733. The van der Waals surface area contributed by atoms with E-state index in [1.54, 1.807) is 24.3 Å². The van der Waals surface area contributed by atoms with Gasteiger partial charge in [0.1, 0.15) is 24.3 Å². The molecule has 2 aromatic rings. The van der Waals surface area contributed by atoms with Crippen LogP contribution in [0.15, 0.2) is 48.5 Å². The van der Waals surface area contributed by atoms with Crippen molar-refractivity contribution in [3.05, 3.63) is 65.5 Å². The van der Waals surface area contributed by atoms with Crippen molar-refractivity contribution in [3.63, 3.8) is 0 Å². The topological polar surface area (TPSA) is 125 Å². The normalized spacial score (nSPS) is 17.8. The summed E-state index contributed by atoms with van der Waals surface area (Å²) in [6.07, 6.45) is -0.898. The zero-order valence-electron chi connectivity index (χ0n) is 14.9. The first-order valence-corrected chi connectivity index (χ1v) is 10.7. The number of hydrogen-bond donors (Lipinski definition) is 2. The van der Waals surface area contributed by atoms with E-state index in [0.29, 0.717) is 12.2 Å². The number of nitrogens with one attached hydrogen (secondary N) is 1. The SMILES string of the molecule is NS(=O)(=O)OC(COc1ccc(C[C@@H]2SC(=O)NC2=O)cc1)c1ccccc1F. The Morgan fingerprint density at radius 3 is 2.41 bits per heavy atom. The Morgan fingerprint density at radius 2 is 1.83 bits per heavy atom. The van der Waals surface area contributed by atoms with E-state index in [1.165, 1.54) is 24.3 Å². The molecule has 0 bridgehead atoms. The number of rotatable bonds is 8. The molecule has 29 heavy (non-hydrogen) atoms. The first-order valence-electron chi connectivity index (χ1n) is 8.40. The minimum atomic E-state index is -4.34. The van der Waals surface area contributed by atoms with Gasteiger partial charge < -0.3 is 4.74 Å². The van der Waals surface area contributed by atoms with Crippen molar-refractivity contribution in [1.29, 1.82) is 0 Å². The average Bonchev–Trinajstić information content (AvgIpc) is 2.96. The number of thioether (sulfide) groups is 1. The van der Waals surface area contributed by atoms with Gasteiger partial charge >= 0.3 is 10.3 Å². The summed E-state index contributed by atoms with van der Waals surface area (Å²) in [6, 6.07) is 12.2. The molecule has 1 saturated heterocycles. The maximum absolute atomic E-state index is 14.0. The highest BCUT2D eigenvalue weighted by molar-refractivity contribution is 8.15. The lowest BCUT2D eigenvalue weighted by Gasteiger charge is -2.18. The van der Waals surface area contributed by atoms with Gasteiger partial charge in [0.05, 0.1) is 5.25 Å². The fourth-order valence-electron chi connectivity index (χ4n) is 2.70. The number of amides is 2. The van der Waals surface area contributed by atoms with Crippen molar-refractivity contribution in [2.75, 3.05) is 6.61 Å². The molecule has 2 atom stereocenters. The molecule has 1 heterocycles. The van der Waals surface area contributed by atoms with E-state index < -0.39 is 27.5 Å². The van der Waals surface area contributed by atoms with Gasteiger partial charge in [0.25, 0.3) is 5.24 Å². The molecule has 1 unspecified atom stereocenters. The van der Waals surface area contributed by atoms with Crippen molar-refractivity contribution in [1.82, 2.24) is 5.32 Å². The monoisotopic (exact) mass is 440 g/mol. The van der Waals surface area contributed by atoms with Crippen LogP contribution in [0, 0.1) is 5.82 Å². The number of imide groups is 1. The van der Waals surface area contributed by atoms with Crippen molar-refractivity contribution in [2.24, 2.45) is 5.14 Å². The van der Waals surface area contributed by atoms with E-state index in [0.717, 1.165) is 17.3 Å². The number of carbonyl (C=O) groups is 2. The molecule has 0 saturated carbocycles. The van der Waals surface area contributed by atoms with Crippen molar-refractivity contribution in [3.8, 4) is 5.75 Å². The van der Waals surface area contributed by atoms with Crippen LogP contribution in [0.5, 0.6) is 5.75 Å². The average molecular weight is 440 g/mol. The van der Waals surface area contributed by atoms with Crippen LogP contribution < -0.4 is 15.2 Å². The maximum Gasteiger partial charge on any atom is 0.333 e. The highest BCUT2D eigenvalue weighted by atomic mass is 32.2. The lowest BCUT2D eigenvalue weighted by molar-refractivity contribution is -0.118. The van der Waals surface area contributed by atoms with Crippen LogP contribution in [0.1, 0.15) is 17.2 Å². The molecule has 0 radical (unpaired) electrons. The van der Waals surface area contributed by atoms with Crippen LogP contribution in [0.3, 0.4) is 0 Å². The summed E-state index contributed by atoms with van der Waals surface area (Å²) in [5.41, 5.74) is 0.804. The van der Waals surface area contributed by atoms with Crippen LogP contribution in [-0.4, -0.2) is 31.4 Å². The molecule has 1 aliphatic heterocycles. The second kappa shape index (κ2) is 8.91. The number of carbonyl (C=O) groups excluding carboxylic acids is 2. The first-order chi connectivity index (χ1) is 13.7. The Labute approximate surface area is 170 Å². The molecular weight excluding hydrogens is 423 g/mol. The highest BCUT2D eigenvalue weighted by Gasteiger charge is 2.31. The lowest BCUT2D eigenvalue weighted by atomic mass is 10.1. The van der Waals surface area contributed by atoms with Crippen molar-refractivity contribution < 1.29 is 31.3 Å². The third kappa shape index (κ3) is 6.00. The predicted molar refractivity (Wildman–Crippen MR) is 104 cm³/mol. The summed E-state index contributed by atoms with van der Waals surface area (Å²) >= 11 is 0.939. The minimum Gasteiger partial charge on any atom is -0.490 e. The van der Waals surface area contributed by atoms with Gasteiger partial charge in [-0.15, -0.1) is 0 Å². The van der Waals surface area contributed by atoms with Crippen molar-refractivity contribution >= 4 is 33.2 Å². The first kappa shape index (κ1) is 21.2. The summed E-state index contributed by atoms with van der Waals surface area (Å²) in [5, 5.41) is 6.30. The van der Waals surface area contributed by atoms with Gasteiger partial charge in [0.2, 0.25) is 5.91 Å².